The van der Waals surface area contributed by atoms with E-state index in [0.717, 1.165) is 37.0 Å². The van der Waals surface area contributed by atoms with Crippen LogP contribution in [0.2, 0.25) is 0 Å². The van der Waals surface area contributed by atoms with Crippen LogP contribution >= 0.6 is 0 Å². The van der Waals surface area contributed by atoms with E-state index in [0.29, 0.717) is 36.3 Å². The molecule has 2 aliphatic heterocycles. The first-order chi connectivity index (χ1) is 14.8. The van der Waals surface area contributed by atoms with Gasteiger partial charge in [0.25, 0.3) is 0 Å². The Hall–Kier alpha value is -2.80. The van der Waals surface area contributed by atoms with Crippen molar-refractivity contribution in [3.05, 3.63) is 41.2 Å². The minimum atomic E-state index is -0.649. The van der Waals surface area contributed by atoms with Crippen LogP contribution in [-0.2, 0) is 21.7 Å². The monoisotopic (exact) mass is 420 g/mol. The third-order valence-corrected chi connectivity index (χ3v) is 6.83. The number of aromatic nitrogens is 2. The lowest BCUT2D eigenvalue weighted by Crippen LogP contribution is -2.41. The quantitative estimate of drug-likeness (QED) is 0.797. The number of ether oxygens (including phenoxy) is 2. The molecular weight excluding hydrogens is 392 g/mol. The molecule has 0 atom stereocenters. The van der Waals surface area contributed by atoms with Gasteiger partial charge in [-0.1, -0.05) is 12.1 Å². The summed E-state index contributed by atoms with van der Waals surface area (Å²) in [5, 5.41) is 0. The van der Waals surface area contributed by atoms with Crippen LogP contribution in [0.3, 0.4) is 0 Å². The molecule has 0 saturated heterocycles. The van der Waals surface area contributed by atoms with Crippen LogP contribution in [0.25, 0.3) is 0 Å². The summed E-state index contributed by atoms with van der Waals surface area (Å²) >= 11 is 0. The molecule has 2 N–H and O–H groups in total. The first-order valence-electron chi connectivity index (χ1n) is 10.9. The fourth-order valence-electron chi connectivity index (χ4n) is 5.27. The third kappa shape index (κ3) is 3.41. The van der Waals surface area contributed by atoms with Crippen molar-refractivity contribution in [3.63, 3.8) is 0 Å². The molecule has 3 heterocycles. The van der Waals surface area contributed by atoms with Crippen LogP contribution < -0.4 is 10.5 Å². The lowest BCUT2D eigenvalue weighted by molar-refractivity contribution is -0.119. The SMILES string of the molecule is CC(=O)CC1CCC2(CC1)OCc1cc(C3=Nc4c(N)ncnc4OC3(C)C)ccc12. The summed E-state index contributed by atoms with van der Waals surface area (Å²) in [6.45, 7) is 6.24. The van der Waals surface area contributed by atoms with Gasteiger partial charge in [-0.25, -0.2) is 9.98 Å². The van der Waals surface area contributed by atoms with E-state index in [1.165, 1.54) is 17.5 Å². The predicted molar refractivity (Wildman–Crippen MR) is 118 cm³/mol. The maximum Gasteiger partial charge on any atom is 0.246 e. The zero-order chi connectivity index (χ0) is 21.8. The number of anilines is 1. The molecule has 0 radical (unpaired) electrons. The molecule has 5 rings (SSSR count). The molecule has 7 nitrogen and oxygen atoms in total. The van der Waals surface area contributed by atoms with Crippen molar-refractivity contribution >= 4 is 23.0 Å². The Morgan fingerprint density at radius 3 is 2.74 bits per heavy atom. The molecule has 2 aromatic rings. The Balaban J connectivity index is 1.46. The van der Waals surface area contributed by atoms with Gasteiger partial charge in [0, 0.05) is 12.0 Å². The zero-order valence-corrected chi connectivity index (χ0v) is 18.3. The van der Waals surface area contributed by atoms with E-state index in [1.807, 2.05) is 13.8 Å². The van der Waals surface area contributed by atoms with Crippen molar-refractivity contribution in [2.24, 2.45) is 10.9 Å². The summed E-state index contributed by atoms with van der Waals surface area (Å²) in [7, 11) is 0. The highest BCUT2D eigenvalue weighted by molar-refractivity contribution is 6.09. The highest BCUT2D eigenvalue weighted by atomic mass is 16.5. The number of carbonyl (C=O) groups excluding carboxylic acids is 1. The van der Waals surface area contributed by atoms with Gasteiger partial charge in [-0.05, 0) is 69.6 Å². The van der Waals surface area contributed by atoms with Crippen LogP contribution in [0.15, 0.2) is 29.5 Å². The third-order valence-electron chi connectivity index (χ3n) is 6.83. The van der Waals surface area contributed by atoms with Gasteiger partial charge in [0.15, 0.2) is 11.5 Å². The van der Waals surface area contributed by atoms with Gasteiger partial charge in [0.05, 0.1) is 17.9 Å². The Morgan fingerprint density at radius 2 is 2.00 bits per heavy atom. The maximum absolute atomic E-state index is 11.5. The van der Waals surface area contributed by atoms with E-state index in [-0.39, 0.29) is 11.4 Å². The second-order valence-corrected chi connectivity index (χ2v) is 9.49. The summed E-state index contributed by atoms with van der Waals surface area (Å²) in [4.78, 5) is 24.5. The lowest BCUT2D eigenvalue weighted by atomic mass is 9.73. The normalized spacial score (nSPS) is 26.0. The van der Waals surface area contributed by atoms with Gasteiger partial charge in [-0.3, -0.25) is 0 Å². The standard InChI is InChI=1S/C24H28N4O3/c1-14(29)10-15-6-8-24(9-7-15)18-5-4-16(11-17(18)12-30-24)20-23(2,3)31-22-19(28-20)21(25)26-13-27-22/h4-5,11,13,15H,6-10,12H2,1-3H3,(H2,25,26,27). The molecule has 162 valence electrons. The molecule has 1 fully saturated rings. The van der Waals surface area contributed by atoms with E-state index in [9.17, 15) is 4.79 Å². The summed E-state index contributed by atoms with van der Waals surface area (Å²) in [5.74, 6) is 1.48. The highest BCUT2D eigenvalue weighted by Gasteiger charge is 2.44. The fraction of sp³-hybridized carbons (Fsp3) is 0.500. The molecule has 1 aromatic heterocycles. The van der Waals surface area contributed by atoms with Gasteiger partial charge < -0.3 is 20.0 Å². The molecule has 3 aliphatic rings. The van der Waals surface area contributed by atoms with Gasteiger partial charge in [0.1, 0.15) is 17.7 Å². The van der Waals surface area contributed by atoms with E-state index in [1.54, 1.807) is 6.92 Å². The number of ketones is 1. The van der Waals surface area contributed by atoms with Gasteiger partial charge in [-0.2, -0.15) is 4.98 Å². The molecule has 1 aliphatic carbocycles. The number of nitrogens with zero attached hydrogens (tertiary/aromatic N) is 3. The Morgan fingerprint density at radius 1 is 1.23 bits per heavy atom. The van der Waals surface area contributed by atoms with Crippen molar-refractivity contribution in [1.29, 1.82) is 0 Å². The number of hydrogen-bond acceptors (Lipinski definition) is 7. The van der Waals surface area contributed by atoms with Crippen LogP contribution in [0.1, 0.15) is 69.6 Å². The van der Waals surface area contributed by atoms with Crippen LogP contribution in [0, 0.1) is 5.92 Å². The Labute approximate surface area is 182 Å². The van der Waals surface area contributed by atoms with Gasteiger partial charge in [-0.15, -0.1) is 0 Å². The van der Waals surface area contributed by atoms with Crippen molar-refractivity contribution in [2.75, 3.05) is 5.73 Å². The molecule has 7 heteroatoms. The van der Waals surface area contributed by atoms with E-state index in [4.69, 9.17) is 20.2 Å². The maximum atomic E-state index is 11.5. The molecule has 1 saturated carbocycles. The molecule has 1 aromatic carbocycles. The zero-order valence-electron chi connectivity index (χ0n) is 18.3. The largest absolute Gasteiger partial charge is 0.463 e. The second-order valence-electron chi connectivity index (χ2n) is 9.49. The second kappa shape index (κ2) is 7.12. The number of hydrogen-bond donors (Lipinski definition) is 1. The minimum Gasteiger partial charge on any atom is -0.463 e. The molecular formula is C24H28N4O3. The van der Waals surface area contributed by atoms with Crippen molar-refractivity contribution in [2.45, 2.75) is 70.7 Å². The lowest BCUT2D eigenvalue weighted by Gasteiger charge is -2.37. The summed E-state index contributed by atoms with van der Waals surface area (Å²) in [5.41, 5.74) is 9.89. The van der Waals surface area contributed by atoms with Crippen LogP contribution in [-0.4, -0.2) is 27.1 Å². The van der Waals surface area contributed by atoms with E-state index in [2.05, 4.69) is 28.2 Å². The van der Waals surface area contributed by atoms with Gasteiger partial charge >= 0.3 is 0 Å². The average molecular weight is 421 g/mol. The number of nitrogens with two attached hydrogens (primary N) is 1. The fourth-order valence-corrected chi connectivity index (χ4v) is 5.27. The number of carbonyl (C=O) groups is 1. The summed E-state index contributed by atoms with van der Waals surface area (Å²) in [6, 6.07) is 6.45. The minimum absolute atomic E-state index is 0.216. The molecule has 0 unspecified atom stereocenters. The van der Waals surface area contributed by atoms with Crippen molar-refractivity contribution < 1.29 is 14.3 Å². The number of aliphatic imine (C=N–C) groups is 1. The van der Waals surface area contributed by atoms with Crippen molar-refractivity contribution in [1.82, 2.24) is 9.97 Å². The molecule has 0 amide bonds. The molecule has 0 bridgehead atoms. The first kappa shape index (κ1) is 20.1. The first-order valence-corrected chi connectivity index (χ1v) is 10.9. The van der Waals surface area contributed by atoms with Gasteiger partial charge in [0.2, 0.25) is 5.88 Å². The molecule has 1 spiro atoms. The van der Waals surface area contributed by atoms with Crippen LogP contribution in [0.5, 0.6) is 5.88 Å². The number of Topliss-reactive ketones (excluding diaryl/α,β-unsaturated/α-hetero) is 1. The van der Waals surface area contributed by atoms with E-state index < -0.39 is 5.60 Å². The van der Waals surface area contributed by atoms with Crippen LogP contribution in [0.4, 0.5) is 11.5 Å². The number of rotatable bonds is 3. The topological polar surface area (TPSA) is 99.7 Å². The Bertz CT molecular complexity index is 1080. The predicted octanol–water partition coefficient (Wildman–Crippen LogP) is 4.25. The molecule has 31 heavy (non-hydrogen) atoms. The average Bonchev–Trinajstić information content (AvgIpc) is 3.06. The number of benzene rings is 1. The van der Waals surface area contributed by atoms with Crippen molar-refractivity contribution in [3.8, 4) is 5.88 Å². The number of nitrogen functional groups attached to an aromatic ring is 1. The van der Waals surface area contributed by atoms with E-state index >= 15 is 0 Å². The summed E-state index contributed by atoms with van der Waals surface area (Å²) in [6.07, 6.45) is 6.07. The summed E-state index contributed by atoms with van der Waals surface area (Å²) < 4.78 is 12.5. The number of fused-ring (bicyclic) bond motifs is 3. The smallest absolute Gasteiger partial charge is 0.246 e. The highest BCUT2D eigenvalue weighted by Crippen LogP contribution is 2.49. The Kier molecular flexibility index (Phi) is 4.62.